The van der Waals surface area contributed by atoms with Crippen LogP contribution in [0.15, 0.2) is 23.1 Å². The highest BCUT2D eigenvalue weighted by atomic mass is 16.5. The Labute approximate surface area is 142 Å². The number of fused-ring (bicyclic) bond motifs is 1. The van der Waals surface area contributed by atoms with Crippen molar-refractivity contribution in [1.29, 1.82) is 0 Å². The molecule has 1 aliphatic rings. The second-order valence-electron chi connectivity index (χ2n) is 5.62. The van der Waals surface area contributed by atoms with Crippen LogP contribution in [-0.4, -0.2) is 52.2 Å². The first-order chi connectivity index (χ1) is 11.7. The van der Waals surface area contributed by atoms with Crippen molar-refractivity contribution >= 4 is 11.2 Å². The van der Waals surface area contributed by atoms with Crippen LogP contribution in [0, 0.1) is 0 Å². The van der Waals surface area contributed by atoms with E-state index in [0.717, 1.165) is 32.5 Å². The van der Waals surface area contributed by atoms with E-state index in [1.54, 1.807) is 17.7 Å². The maximum atomic E-state index is 12.1. The van der Waals surface area contributed by atoms with Gasteiger partial charge in [0.15, 0.2) is 5.65 Å². The normalized spacial score (nSPS) is 15.8. The lowest BCUT2D eigenvalue weighted by Crippen LogP contribution is -2.41. The molecule has 0 unspecified atom stereocenters. The van der Waals surface area contributed by atoms with Gasteiger partial charge < -0.3 is 15.4 Å². The Hall–Kier alpha value is -1.99. The number of pyridine rings is 1. The number of hydrogen-bond donors (Lipinski definition) is 1. The first-order valence-electron chi connectivity index (χ1n) is 8.56. The number of nitrogens with zero attached hydrogens (tertiary/aromatic N) is 4. The molecular weight excluding hydrogens is 306 g/mol. The molecule has 3 heterocycles. The minimum atomic E-state index is -0.137. The molecule has 0 amide bonds. The number of rotatable bonds is 4. The van der Waals surface area contributed by atoms with Gasteiger partial charge in [0.1, 0.15) is 5.52 Å². The fourth-order valence-corrected chi connectivity index (χ4v) is 2.77. The van der Waals surface area contributed by atoms with Gasteiger partial charge in [-0.25, -0.2) is 4.98 Å². The van der Waals surface area contributed by atoms with E-state index in [1.807, 2.05) is 19.9 Å². The van der Waals surface area contributed by atoms with Crippen molar-refractivity contribution in [2.45, 2.75) is 39.3 Å². The van der Waals surface area contributed by atoms with Crippen LogP contribution in [0.4, 0.5) is 0 Å². The highest BCUT2D eigenvalue weighted by Gasteiger charge is 2.16. The monoisotopic (exact) mass is 333 g/mol. The fraction of sp³-hybridized carbons (Fsp3) is 0.588. The van der Waals surface area contributed by atoms with Crippen molar-refractivity contribution in [3.8, 4) is 5.88 Å². The molecule has 3 rings (SSSR count). The molecule has 0 bridgehead atoms. The van der Waals surface area contributed by atoms with Gasteiger partial charge in [-0.1, -0.05) is 13.8 Å². The molecule has 0 atom stereocenters. The van der Waals surface area contributed by atoms with Crippen LogP contribution in [0.25, 0.3) is 11.2 Å². The van der Waals surface area contributed by atoms with Gasteiger partial charge >= 0.3 is 0 Å². The van der Waals surface area contributed by atoms with Gasteiger partial charge in [-0.2, -0.15) is 4.98 Å². The standard InChI is InChI=1S/C15H21N5O2.C2H6/c1-22-13-3-2-12-15(18-13)20(14(21)10-17-12)9-8-19-6-4-11(16)5-7-19;1-2/h2-3,10-11H,4-9,16H2,1H3;1-2H3. The topological polar surface area (TPSA) is 86.3 Å². The molecule has 1 saturated heterocycles. The molecule has 0 aliphatic carbocycles. The predicted molar refractivity (Wildman–Crippen MR) is 95.3 cm³/mol. The highest BCUT2D eigenvalue weighted by Crippen LogP contribution is 2.13. The molecule has 132 valence electrons. The van der Waals surface area contributed by atoms with E-state index in [4.69, 9.17) is 10.5 Å². The number of methoxy groups -OCH3 is 1. The molecule has 2 aromatic heterocycles. The van der Waals surface area contributed by atoms with Crippen molar-refractivity contribution in [3.63, 3.8) is 0 Å². The van der Waals surface area contributed by atoms with Crippen LogP contribution in [0.3, 0.4) is 0 Å². The predicted octanol–water partition coefficient (Wildman–Crippen LogP) is 1.25. The van der Waals surface area contributed by atoms with E-state index in [0.29, 0.717) is 29.6 Å². The maximum Gasteiger partial charge on any atom is 0.270 e. The molecule has 1 fully saturated rings. The molecule has 2 aromatic rings. The number of ether oxygens (including phenoxy) is 1. The Bertz CT molecular complexity index is 708. The van der Waals surface area contributed by atoms with Gasteiger partial charge in [0.25, 0.3) is 5.56 Å². The maximum absolute atomic E-state index is 12.1. The Kier molecular flexibility index (Phi) is 6.69. The van der Waals surface area contributed by atoms with E-state index in [1.165, 1.54) is 6.20 Å². The van der Waals surface area contributed by atoms with Gasteiger partial charge in [0.05, 0.1) is 13.3 Å². The van der Waals surface area contributed by atoms with E-state index in [-0.39, 0.29) is 5.56 Å². The Morgan fingerprint density at radius 2 is 1.96 bits per heavy atom. The lowest BCUT2D eigenvalue weighted by Gasteiger charge is -2.30. The summed E-state index contributed by atoms with van der Waals surface area (Å²) in [6, 6.07) is 3.87. The summed E-state index contributed by atoms with van der Waals surface area (Å²) in [5, 5.41) is 0. The van der Waals surface area contributed by atoms with Crippen molar-refractivity contribution in [3.05, 3.63) is 28.7 Å². The van der Waals surface area contributed by atoms with Gasteiger partial charge in [0.2, 0.25) is 5.88 Å². The summed E-state index contributed by atoms with van der Waals surface area (Å²) in [6.07, 6.45) is 3.37. The van der Waals surface area contributed by atoms with Crippen molar-refractivity contribution in [1.82, 2.24) is 19.4 Å². The van der Waals surface area contributed by atoms with Gasteiger partial charge in [0, 0.05) is 25.2 Å². The molecule has 2 N–H and O–H groups in total. The quantitative estimate of drug-likeness (QED) is 0.906. The summed E-state index contributed by atoms with van der Waals surface area (Å²) in [4.78, 5) is 23.0. The minimum Gasteiger partial charge on any atom is -0.481 e. The highest BCUT2D eigenvalue weighted by molar-refractivity contribution is 5.70. The zero-order valence-electron chi connectivity index (χ0n) is 14.7. The number of piperidine rings is 1. The largest absolute Gasteiger partial charge is 0.481 e. The van der Waals surface area contributed by atoms with Gasteiger partial charge in [-0.05, 0) is 32.0 Å². The molecule has 0 aromatic carbocycles. The first kappa shape index (κ1) is 18.4. The van der Waals surface area contributed by atoms with Crippen LogP contribution in [-0.2, 0) is 6.54 Å². The summed E-state index contributed by atoms with van der Waals surface area (Å²) in [5.41, 5.74) is 7.05. The summed E-state index contributed by atoms with van der Waals surface area (Å²) < 4.78 is 6.81. The third-order valence-electron chi connectivity index (χ3n) is 4.15. The van der Waals surface area contributed by atoms with Crippen molar-refractivity contribution in [2.24, 2.45) is 5.73 Å². The molecule has 0 radical (unpaired) electrons. The number of likely N-dealkylation sites (tertiary alicyclic amines) is 1. The minimum absolute atomic E-state index is 0.137. The zero-order valence-corrected chi connectivity index (χ0v) is 14.7. The second-order valence-corrected chi connectivity index (χ2v) is 5.62. The van der Waals surface area contributed by atoms with E-state index < -0.39 is 0 Å². The van der Waals surface area contributed by atoms with Crippen molar-refractivity contribution < 1.29 is 4.74 Å². The average Bonchev–Trinajstić information content (AvgIpc) is 2.63. The third kappa shape index (κ3) is 4.30. The summed E-state index contributed by atoms with van der Waals surface area (Å²) in [5.74, 6) is 0.484. The second kappa shape index (κ2) is 8.75. The summed E-state index contributed by atoms with van der Waals surface area (Å²) >= 11 is 0. The van der Waals surface area contributed by atoms with Gasteiger partial charge in [-0.15, -0.1) is 0 Å². The van der Waals surface area contributed by atoms with Gasteiger partial charge in [-0.3, -0.25) is 9.36 Å². The Balaban J connectivity index is 0.00000100. The summed E-state index contributed by atoms with van der Waals surface area (Å²) in [6.45, 7) is 7.36. The van der Waals surface area contributed by atoms with E-state index in [2.05, 4.69) is 14.9 Å². The lowest BCUT2D eigenvalue weighted by atomic mass is 10.1. The first-order valence-corrected chi connectivity index (χ1v) is 8.56. The van der Waals surface area contributed by atoms with E-state index in [9.17, 15) is 4.79 Å². The van der Waals surface area contributed by atoms with Crippen LogP contribution in [0.5, 0.6) is 5.88 Å². The SMILES string of the molecule is CC.COc1ccc2ncc(=O)n(CCN3CCC(N)CC3)c2n1. The van der Waals surface area contributed by atoms with Crippen molar-refractivity contribution in [2.75, 3.05) is 26.7 Å². The molecule has 1 aliphatic heterocycles. The third-order valence-corrected chi connectivity index (χ3v) is 4.15. The Morgan fingerprint density at radius 3 is 2.62 bits per heavy atom. The molecule has 7 heteroatoms. The molecular formula is C17H27N5O2. The Morgan fingerprint density at radius 1 is 1.25 bits per heavy atom. The molecule has 0 spiro atoms. The molecule has 0 saturated carbocycles. The van der Waals surface area contributed by atoms with Crippen LogP contribution >= 0.6 is 0 Å². The smallest absolute Gasteiger partial charge is 0.270 e. The fourth-order valence-electron chi connectivity index (χ4n) is 2.77. The number of aromatic nitrogens is 3. The molecule has 24 heavy (non-hydrogen) atoms. The number of hydrogen-bond acceptors (Lipinski definition) is 6. The molecule has 7 nitrogen and oxygen atoms in total. The lowest BCUT2D eigenvalue weighted by molar-refractivity contribution is 0.206. The van der Waals surface area contributed by atoms with Crippen LogP contribution in [0.1, 0.15) is 26.7 Å². The van der Waals surface area contributed by atoms with Crippen LogP contribution in [0.2, 0.25) is 0 Å². The summed E-state index contributed by atoms with van der Waals surface area (Å²) in [7, 11) is 1.56. The van der Waals surface area contributed by atoms with Crippen LogP contribution < -0.4 is 16.0 Å². The number of nitrogens with two attached hydrogens (primary N) is 1. The van der Waals surface area contributed by atoms with E-state index >= 15 is 0 Å². The average molecular weight is 333 g/mol. The zero-order chi connectivity index (χ0) is 17.5.